The molecule has 6 nitrogen and oxygen atoms in total. The highest BCUT2D eigenvalue weighted by atomic mass is 16.2. The standard InChI is InChI=1S/C16H18N4O2/c1-2-8-18-15(21)13-6-3-7-14(20-13)16(22)19-11-12-5-4-9-17-10-12/h3-7,9-10H,2,8,11H2,1H3,(H,18,21)(H,19,22). The maximum atomic E-state index is 12.1. The maximum absolute atomic E-state index is 12.1. The summed E-state index contributed by atoms with van der Waals surface area (Å²) in [5, 5.41) is 5.48. The lowest BCUT2D eigenvalue weighted by Gasteiger charge is -2.06. The smallest absolute Gasteiger partial charge is 0.270 e. The molecule has 0 aliphatic rings. The fourth-order valence-corrected chi connectivity index (χ4v) is 1.79. The highest BCUT2D eigenvalue weighted by Crippen LogP contribution is 2.01. The van der Waals surface area contributed by atoms with Gasteiger partial charge in [0.2, 0.25) is 0 Å². The van der Waals surface area contributed by atoms with Gasteiger partial charge in [0.05, 0.1) is 0 Å². The summed E-state index contributed by atoms with van der Waals surface area (Å²) in [5.41, 5.74) is 1.35. The zero-order valence-corrected chi connectivity index (χ0v) is 12.4. The van der Waals surface area contributed by atoms with Crippen LogP contribution >= 0.6 is 0 Å². The molecule has 0 aromatic carbocycles. The van der Waals surface area contributed by atoms with Gasteiger partial charge in [-0.15, -0.1) is 0 Å². The van der Waals surface area contributed by atoms with Crippen molar-refractivity contribution in [2.24, 2.45) is 0 Å². The Labute approximate surface area is 129 Å². The van der Waals surface area contributed by atoms with Crippen molar-refractivity contribution in [3.8, 4) is 0 Å². The average molecular weight is 298 g/mol. The Bertz CT molecular complexity index is 644. The molecule has 0 atom stereocenters. The van der Waals surface area contributed by atoms with Crippen LogP contribution in [0.1, 0.15) is 39.9 Å². The summed E-state index contributed by atoms with van der Waals surface area (Å²) in [6.07, 6.45) is 4.20. The molecule has 2 rings (SSSR count). The van der Waals surface area contributed by atoms with Gasteiger partial charge in [0, 0.05) is 25.5 Å². The Hall–Kier alpha value is -2.76. The Kier molecular flexibility index (Phi) is 5.59. The average Bonchev–Trinajstić information content (AvgIpc) is 2.58. The van der Waals surface area contributed by atoms with E-state index >= 15 is 0 Å². The van der Waals surface area contributed by atoms with Crippen molar-refractivity contribution in [1.29, 1.82) is 0 Å². The first-order valence-electron chi connectivity index (χ1n) is 7.13. The number of amides is 2. The van der Waals surface area contributed by atoms with E-state index in [1.54, 1.807) is 36.7 Å². The number of rotatable bonds is 6. The first kappa shape index (κ1) is 15.6. The van der Waals surface area contributed by atoms with Crippen LogP contribution in [0.3, 0.4) is 0 Å². The van der Waals surface area contributed by atoms with E-state index in [1.165, 1.54) is 0 Å². The first-order chi connectivity index (χ1) is 10.7. The third-order valence-corrected chi connectivity index (χ3v) is 2.93. The Morgan fingerprint density at radius 3 is 2.41 bits per heavy atom. The molecule has 2 N–H and O–H groups in total. The Morgan fingerprint density at radius 2 is 1.77 bits per heavy atom. The molecule has 6 heteroatoms. The molecule has 2 aromatic rings. The van der Waals surface area contributed by atoms with Crippen LogP contribution in [0.2, 0.25) is 0 Å². The molecular weight excluding hydrogens is 280 g/mol. The largest absolute Gasteiger partial charge is 0.351 e. The number of nitrogens with zero attached hydrogens (tertiary/aromatic N) is 2. The molecule has 0 aliphatic carbocycles. The van der Waals surface area contributed by atoms with Crippen molar-refractivity contribution in [3.63, 3.8) is 0 Å². The lowest BCUT2D eigenvalue weighted by molar-refractivity contribution is 0.0942. The zero-order valence-electron chi connectivity index (χ0n) is 12.4. The molecule has 0 saturated carbocycles. The van der Waals surface area contributed by atoms with E-state index in [1.807, 2.05) is 13.0 Å². The highest BCUT2D eigenvalue weighted by molar-refractivity contribution is 5.96. The summed E-state index contributed by atoms with van der Waals surface area (Å²) in [6, 6.07) is 8.48. The van der Waals surface area contributed by atoms with Crippen LogP contribution in [0.4, 0.5) is 0 Å². The van der Waals surface area contributed by atoms with Gasteiger partial charge in [-0.25, -0.2) is 4.98 Å². The van der Waals surface area contributed by atoms with Gasteiger partial charge in [0.25, 0.3) is 11.8 Å². The van der Waals surface area contributed by atoms with Crippen molar-refractivity contribution in [2.45, 2.75) is 19.9 Å². The molecule has 0 aliphatic heterocycles. The van der Waals surface area contributed by atoms with E-state index in [4.69, 9.17) is 0 Å². The molecule has 0 unspecified atom stereocenters. The molecule has 2 amide bonds. The minimum absolute atomic E-state index is 0.216. The van der Waals surface area contributed by atoms with Crippen molar-refractivity contribution in [1.82, 2.24) is 20.6 Å². The molecule has 0 radical (unpaired) electrons. The Morgan fingerprint density at radius 1 is 1.05 bits per heavy atom. The first-order valence-corrected chi connectivity index (χ1v) is 7.13. The van der Waals surface area contributed by atoms with Gasteiger partial charge in [0.15, 0.2) is 0 Å². The van der Waals surface area contributed by atoms with Crippen LogP contribution < -0.4 is 10.6 Å². The molecule has 0 saturated heterocycles. The van der Waals surface area contributed by atoms with Crippen LogP contribution in [0.25, 0.3) is 0 Å². The lowest BCUT2D eigenvalue weighted by Crippen LogP contribution is -2.27. The van der Waals surface area contributed by atoms with Crippen molar-refractivity contribution >= 4 is 11.8 Å². The second-order valence-electron chi connectivity index (χ2n) is 4.71. The van der Waals surface area contributed by atoms with Gasteiger partial charge < -0.3 is 10.6 Å². The van der Waals surface area contributed by atoms with Crippen LogP contribution in [0.5, 0.6) is 0 Å². The molecule has 0 fully saturated rings. The normalized spacial score (nSPS) is 10.0. The van der Waals surface area contributed by atoms with Gasteiger partial charge in [-0.3, -0.25) is 14.6 Å². The van der Waals surface area contributed by atoms with Crippen LogP contribution in [0, 0.1) is 0 Å². The predicted molar refractivity (Wildman–Crippen MR) is 82.3 cm³/mol. The summed E-state index contributed by atoms with van der Waals surface area (Å²) in [6.45, 7) is 2.91. The Balaban J connectivity index is 1.99. The topological polar surface area (TPSA) is 84.0 Å². The summed E-state index contributed by atoms with van der Waals surface area (Å²) >= 11 is 0. The van der Waals surface area contributed by atoms with Gasteiger partial charge in [-0.05, 0) is 30.2 Å². The van der Waals surface area contributed by atoms with Crippen molar-refractivity contribution in [2.75, 3.05) is 6.54 Å². The van der Waals surface area contributed by atoms with Crippen LogP contribution in [0.15, 0.2) is 42.7 Å². The molecule has 0 spiro atoms. The van der Waals surface area contributed by atoms with E-state index in [9.17, 15) is 9.59 Å². The summed E-state index contributed by atoms with van der Waals surface area (Å²) in [5.74, 6) is -0.599. The summed E-state index contributed by atoms with van der Waals surface area (Å²) < 4.78 is 0. The van der Waals surface area contributed by atoms with E-state index in [0.717, 1.165) is 12.0 Å². The third-order valence-electron chi connectivity index (χ3n) is 2.93. The van der Waals surface area contributed by atoms with Crippen LogP contribution in [-0.2, 0) is 6.54 Å². The summed E-state index contributed by atoms with van der Waals surface area (Å²) in [7, 11) is 0. The van der Waals surface area contributed by atoms with Crippen molar-refractivity contribution in [3.05, 3.63) is 59.7 Å². The van der Waals surface area contributed by atoms with E-state index in [0.29, 0.717) is 13.1 Å². The predicted octanol–water partition coefficient (Wildman–Crippen LogP) is 1.55. The minimum Gasteiger partial charge on any atom is -0.351 e. The summed E-state index contributed by atoms with van der Waals surface area (Å²) in [4.78, 5) is 32.0. The second kappa shape index (κ2) is 7.87. The monoisotopic (exact) mass is 298 g/mol. The lowest BCUT2D eigenvalue weighted by atomic mass is 10.2. The molecule has 22 heavy (non-hydrogen) atoms. The molecular formula is C16H18N4O2. The van der Waals surface area contributed by atoms with Gasteiger partial charge in [-0.2, -0.15) is 0 Å². The van der Waals surface area contributed by atoms with Gasteiger partial charge in [0.1, 0.15) is 11.4 Å². The fraction of sp³-hybridized carbons (Fsp3) is 0.250. The van der Waals surface area contributed by atoms with Crippen LogP contribution in [-0.4, -0.2) is 28.3 Å². The number of hydrogen-bond acceptors (Lipinski definition) is 4. The molecule has 0 bridgehead atoms. The molecule has 2 heterocycles. The number of carbonyl (C=O) groups is 2. The number of aromatic nitrogens is 2. The fourth-order valence-electron chi connectivity index (χ4n) is 1.79. The number of pyridine rings is 2. The molecule has 2 aromatic heterocycles. The van der Waals surface area contributed by atoms with Gasteiger partial charge in [-0.1, -0.05) is 19.1 Å². The van der Waals surface area contributed by atoms with E-state index in [-0.39, 0.29) is 23.2 Å². The number of carbonyl (C=O) groups excluding carboxylic acids is 2. The highest BCUT2D eigenvalue weighted by Gasteiger charge is 2.11. The molecule has 114 valence electrons. The SMILES string of the molecule is CCCNC(=O)c1cccc(C(=O)NCc2cccnc2)n1. The number of hydrogen-bond donors (Lipinski definition) is 2. The van der Waals surface area contributed by atoms with Gasteiger partial charge >= 0.3 is 0 Å². The minimum atomic E-state index is -0.325. The maximum Gasteiger partial charge on any atom is 0.270 e. The third kappa shape index (κ3) is 4.37. The van der Waals surface area contributed by atoms with E-state index in [2.05, 4.69) is 20.6 Å². The quantitative estimate of drug-likeness (QED) is 0.847. The zero-order chi connectivity index (χ0) is 15.8. The van der Waals surface area contributed by atoms with E-state index < -0.39 is 0 Å². The van der Waals surface area contributed by atoms with Crippen molar-refractivity contribution < 1.29 is 9.59 Å². The number of nitrogens with one attached hydrogen (secondary N) is 2. The second-order valence-corrected chi connectivity index (χ2v) is 4.71.